The number of thiol groups is 1. The van der Waals surface area contributed by atoms with Crippen molar-refractivity contribution in [1.29, 1.82) is 0 Å². The van der Waals surface area contributed by atoms with E-state index in [1.807, 2.05) is 0 Å². The molecule has 0 saturated heterocycles. The van der Waals surface area contributed by atoms with Gasteiger partial charge in [0.25, 0.3) is 11.0 Å². The molecule has 0 aromatic heterocycles. The third-order valence-corrected chi connectivity index (χ3v) is 3.03. The number of hydrogen-bond acceptors (Lipinski definition) is 5. The average Bonchev–Trinajstić information content (AvgIpc) is 2.26. The highest BCUT2D eigenvalue weighted by Gasteiger charge is 2.34. The van der Waals surface area contributed by atoms with Gasteiger partial charge in [-0.15, -0.1) is 0 Å². The first-order valence-electron chi connectivity index (χ1n) is 5.31. The third kappa shape index (κ3) is 3.14. The Labute approximate surface area is 112 Å². The Morgan fingerprint density at radius 2 is 2.17 bits per heavy atom. The molecule has 1 aliphatic rings. The van der Waals surface area contributed by atoms with Crippen molar-refractivity contribution in [3.63, 3.8) is 0 Å². The molecule has 0 saturated carbocycles. The van der Waals surface area contributed by atoms with E-state index in [1.54, 1.807) is 32.0 Å². The van der Waals surface area contributed by atoms with E-state index in [0.717, 1.165) is 0 Å². The zero-order valence-electron chi connectivity index (χ0n) is 9.88. The van der Waals surface area contributed by atoms with Gasteiger partial charge in [0, 0.05) is 24.4 Å². The van der Waals surface area contributed by atoms with E-state index in [9.17, 15) is 8.42 Å². The van der Waals surface area contributed by atoms with E-state index in [1.165, 1.54) is 0 Å². The highest BCUT2D eigenvalue weighted by atomic mass is 35.5. The van der Waals surface area contributed by atoms with Crippen molar-refractivity contribution in [1.82, 2.24) is 0 Å². The minimum atomic E-state index is -2.91. The van der Waals surface area contributed by atoms with Crippen LogP contribution in [0.15, 0.2) is 18.2 Å². The lowest BCUT2D eigenvalue weighted by atomic mass is 10.1. The SMILES string of the molecule is CC1(C)Oc2ccc(Cl)cc2[C@H](CO[SH](=O)=O)O1. The number of fused-ring (bicyclic) bond motifs is 1. The summed E-state index contributed by atoms with van der Waals surface area (Å²) in [6.07, 6.45) is -0.532. The molecule has 0 N–H and O–H groups in total. The number of hydrogen-bond donors (Lipinski definition) is 1. The van der Waals surface area contributed by atoms with Crippen molar-refractivity contribution in [2.75, 3.05) is 6.61 Å². The highest BCUT2D eigenvalue weighted by Crippen LogP contribution is 2.39. The van der Waals surface area contributed by atoms with E-state index in [2.05, 4.69) is 4.18 Å². The van der Waals surface area contributed by atoms with Gasteiger partial charge in [0.05, 0.1) is 6.61 Å². The van der Waals surface area contributed by atoms with Crippen LogP contribution in [0.4, 0.5) is 0 Å². The minimum absolute atomic E-state index is 0.0984. The largest absolute Gasteiger partial charge is 0.463 e. The fourth-order valence-electron chi connectivity index (χ4n) is 1.81. The van der Waals surface area contributed by atoms with Crippen molar-refractivity contribution >= 4 is 22.6 Å². The molecule has 5 nitrogen and oxygen atoms in total. The van der Waals surface area contributed by atoms with Crippen LogP contribution in [0.5, 0.6) is 5.75 Å². The van der Waals surface area contributed by atoms with Crippen molar-refractivity contribution in [2.45, 2.75) is 25.7 Å². The van der Waals surface area contributed by atoms with Crippen LogP contribution in [0.1, 0.15) is 25.5 Å². The van der Waals surface area contributed by atoms with Crippen LogP contribution in [0.2, 0.25) is 5.02 Å². The van der Waals surface area contributed by atoms with Crippen LogP contribution in [-0.4, -0.2) is 20.8 Å². The standard InChI is InChI=1S/C11H13ClO5S/c1-11(2)16-9-4-3-7(12)5-8(9)10(17-11)6-15-18(13)14/h3-5,10,18H,6H2,1-2H3/t10-/m0/s1. The van der Waals surface area contributed by atoms with E-state index < -0.39 is 22.9 Å². The monoisotopic (exact) mass is 292 g/mol. The second-order valence-corrected chi connectivity index (χ2v) is 5.45. The maximum absolute atomic E-state index is 10.5. The Hall–Kier alpha value is -0.820. The summed E-state index contributed by atoms with van der Waals surface area (Å²) in [7, 11) is -2.91. The van der Waals surface area contributed by atoms with Gasteiger partial charge in [-0.2, -0.15) is 0 Å². The first-order valence-corrected chi connectivity index (χ1v) is 6.78. The third-order valence-electron chi connectivity index (χ3n) is 2.43. The molecule has 0 unspecified atom stereocenters. The number of ether oxygens (including phenoxy) is 2. The average molecular weight is 293 g/mol. The van der Waals surface area contributed by atoms with Crippen molar-refractivity contribution in [3.8, 4) is 5.75 Å². The molecule has 0 spiro atoms. The first kappa shape index (κ1) is 13.6. The summed E-state index contributed by atoms with van der Waals surface area (Å²) < 4.78 is 36.8. The van der Waals surface area contributed by atoms with Gasteiger partial charge >= 0.3 is 0 Å². The van der Waals surface area contributed by atoms with E-state index in [4.69, 9.17) is 21.1 Å². The molecule has 18 heavy (non-hydrogen) atoms. The molecule has 1 aromatic rings. The van der Waals surface area contributed by atoms with Crippen LogP contribution >= 0.6 is 11.6 Å². The van der Waals surface area contributed by atoms with Crippen LogP contribution < -0.4 is 4.74 Å². The summed E-state index contributed by atoms with van der Waals surface area (Å²) in [4.78, 5) is 0. The van der Waals surface area contributed by atoms with E-state index in [-0.39, 0.29) is 6.61 Å². The molecule has 0 fully saturated rings. The van der Waals surface area contributed by atoms with Crippen molar-refractivity contribution in [3.05, 3.63) is 28.8 Å². The van der Waals surface area contributed by atoms with Crippen molar-refractivity contribution in [2.24, 2.45) is 0 Å². The van der Waals surface area contributed by atoms with Gasteiger partial charge in [-0.25, -0.2) is 8.42 Å². The highest BCUT2D eigenvalue weighted by molar-refractivity contribution is 7.67. The van der Waals surface area contributed by atoms with Gasteiger partial charge < -0.3 is 9.47 Å². The quantitative estimate of drug-likeness (QED) is 0.864. The van der Waals surface area contributed by atoms with Gasteiger partial charge in [0.15, 0.2) is 0 Å². The van der Waals surface area contributed by atoms with Gasteiger partial charge in [-0.1, -0.05) is 11.6 Å². The molecule has 7 heteroatoms. The Bertz CT molecular complexity index is 518. The lowest BCUT2D eigenvalue weighted by Gasteiger charge is -2.37. The van der Waals surface area contributed by atoms with Gasteiger partial charge in [-0.3, -0.25) is 4.18 Å². The zero-order chi connectivity index (χ0) is 13.3. The maximum Gasteiger partial charge on any atom is 0.257 e. The Kier molecular flexibility index (Phi) is 3.82. The van der Waals surface area contributed by atoms with Crippen LogP contribution in [0, 0.1) is 0 Å². The molecule has 0 aliphatic carbocycles. The number of halogens is 1. The van der Waals surface area contributed by atoms with Crippen LogP contribution in [-0.2, 0) is 19.9 Å². The summed E-state index contributed by atoms with van der Waals surface area (Å²) in [6.45, 7) is 3.39. The molecular formula is C11H13ClO5S. The predicted octanol–water partition coefficient (Wildman–Crippen LogP) is 2.07. The first-order chi connectivity index (χ1) is 8.37. The molecule has 0 radical (unpaired) electrons. The summed E-state index contributed by atoms with van der Waals surface area (Å²) in [5, 5.41) is 0.525. The minimum Gasteiger partial charge on any atom is -0.463 e. The molecule has 0 amide bonds. The smallest absolute Gasteiger partial charge is 0.257 e. The van der Waals surface area contributed by atoms with Gasteiger partial charge in [-0.05, 0) is 18.2 Å². The number of rotatable bonds is 3. The van der Waals surface area contributed by atoms with E-state index >= 15 is 0 Å². The van der Waals surface area contributed by atoms with Gasteiger partial charge in [0.2, 0.25) is 5.79 Å². The second-order valence-electron chi connectivity index (χ2n) is 4.31. The summed E-state index contributed by atoms with van der Waals surface area (Å²) >= 11 is 5.90. The lowest BCUT2D eigenvalue weighted by Crippen LogP contribution is -2.38. The Morgan fingerprint density at radius 3 is 2.83 bits per heavy atom. The Morgan fingerprint density at radius 1 is 1.44 bits per heavy atom. The molecule has 100 valence electrons. The molecule has 1 aromatic carbocycles. The molecule has 1 atom stereocenters. The fraction of sp³-hybridized carbons (Fsp3) is 0.455. The number of benzene rings is 1. The topological polar surface area (TPSA) is 61.8 Å². The summed E-state index contributed by atoms with van der Waals surface area (Å²) in [5.41, 5.74) is 0.679. The predicted molar refractivity (Wildman–Crippen MR) is 66.3 cm³/mol. The van der Waals surface area contributed by atoms with Gasteiger partial charge in [0.1, 0.15) is 11.9 Å². The van der Waals surface area contributed by atoms with E-state index in [0.29, 0.717) is 16.3 Å². The second kappa shape index (κ2) is 5.05. The normalized spacial score (nSPS) is 21.4. The lowest BCUT2D eigenvalue weighted by molar-refractivity contribution is -0.212. The summed E-state index contributed by atoms with van der Waals surface area (Å²) in [6, 6.07) is 5.11. The molecular weight excluding hydrogens is 280 g/mol. The maximum atomic E-state index is 10.5. The van der Waals surface area contributed by atoms with Crippen LogP contribution in [0.25, 0.3) is 0 Å². The Balaban J connectivity index is 2.32. The molecule has 1 aliphatic heterocycles. The fourth-order valence-corrected chi connectivity index (χ4v) is 2.25. The molecule has 1 heterocycles. The van der Waals surface area contributed by atoms with Crippen molar-refractivity contribution < 1.29 is 22.1 Å². The summed E-state index contributed by atoms with van der Waals surface area (Å²) in [5.74, 6) is -0.228. The molecule has 2 rings (SSSR count). The van der Waals surface area contributed by atoms with Crippen LogP contribution in [0.3, 0.4) is 0 Å². The molecule has 0 bridgehead atoms. The zero-order valence-corrected chi connectivity index (χ0v) is 11.5.